The molecule has 0 unspecified atom stereocenters. The van der Waals surface area contributed by atoms with Crippen LogP contribution in [0.4, 0.5) is 5.82 Å². The Kier molecular flexibility index (Phi) is 4.70. The van der Waals surface area contributed by atoms with Gasteiger partial charge in [-0.05, 0) is 56.3 Å². The van der Waals surface area contributed by atoms with E-state index in [-0.39, 0.29) is 0 Å². The summed E-state index contributed by atoms with van der Waals surface area (Å²) in [6, 6.07) is 3.88. The van der Waals surface area contributed by atoms with Gasteiger partial charge in [-0.15, -0.1) is 0 Å². The highest BCUT2D eigenvalue weighted by Gasteiger charge is 2.35. The number of halogens is 1. The number of rotatable bonds is 3. The van der Waals surface area contributed by atoms with Crippen LogP contribution in [-0.4, -0.2) is 30.0 Å². The minimum atomic E-state index is 0.665. The molecule has 1 aliphatic carbocycles. The van der Waals surface area contributed by atoms with Gasteiger partial charge in [0.15, 0.2) is 0 Å². The van der Waals surface area contributed by atoms with E-state index in [4.69, 9.17) is 11.6 Å². The van der Waals surface area contributed by atoms with E-state index in [0.29, 0.717) is 5.41 Å². The van der Waals surface area contributed by atoms with Crippen molar-refractivity contribution >= 4 is 17.4 Å². The summed E-state index contributed by atoms with van der Waals surface area (Å²) in [7, 11) is 1.90. The van der Waals surface area contributed by atoms with E-state index >= 15 is 0 Å². The van der Waals surface area contributed by atoms with Gasteiger partial charge in [-0.3, -0.25) is 4.90 Å². The van der Waals surface area contributed by atoms with Gasteiger partial charge < -0.3 is 5.32 Å². The van der Waals surface area contributed by atoms with Crippen LogP contribution in [0.2, 0.25) is 5.02 Å². The highest BCUT2D eigenvalue weighted by Crippen LogP contribution is 2.44. The fourth-order valence-electron chi connectivity index (χ4n) is 3.93. The SMILES string of the molecule is CNc1ccc(Cl)c(CN2CCC3(CCCCC3)CC2)n1. The number of hydrogen-bond donors (Lipinski definition) is 1. The van der Waals surface area contributed by atoms with Crippen molar-refractivity contribution in [2.24, 2.45) is 5.41 Å². The molecule has 4 heteroatoms. The summed E-state index contributed by atoms with van der Waals surface area (Å²) in [6.45, 7) is 3.27. The number of likely N-dealkylation sites (tertiary alicyclic amines) is 1. The first kappa shape index (κ1) is 15.1. The van der Waals surface area contributed by atoms with Crippen molar-refractivity contribution in [3.63, 3.8) is 0 Å². The monoisotopic (exact) mass is 307 g/mol. The first-order valence-electron chi connectivity index (χ1n) is 8.26. The smallest absolute Gasteiger partial charge is 0.126 e. The Morgan fingerprint density at radius 2 is 1.86 bits per heavy atom. The number of hydrogen-bond acceptors (Lipinski definition) is 3. The fraction of sp³-hybridized carbons (Fsp3) is 0.706. The normalized spacial score (nSPS) is 22.4. The number of aromatic nitrogens is 1. The second-order valence-corrected chi connectivity index (χ2v) is 7.12. The summed E-state index contributed by atoms with van der Waals surface area (Å²) in [5.74, 6) is 0.898. The minimum absolute atomic E-state index is 0.665. The fourth-order valence-corrected chi connectivity index (χ4v) is 4.10. The molecule has 2 heterocycles. The molecular weight excluding hydrogens is 282 g/mol. The van der Waals surface area contributed by atoms with Crippen molar-refractivity contribution < 1.29 is 0 Å². The zero-order valence-corrected chi connectivity index (χ0v) is 13.8. The molecule has 0 bridgehead atoms. The lowest BCUT2D eigenvalue weighted by Gasteiger charge is -2.44. The summed E-state index contributed by atoms with van der Waals surface area (Å²) in [5.41, 5.74) is 1.67. The second kappa shape index (κ2) is 6.53. The average Bonchev–Trinajstić information content (AvgIpc) is 2.53. The van der Waals surface area contributed by atoms with Crippen molar-refractivity contribution in [3.8, 4) is 0 Å². The Labute approximate surface area is 133 Å². The molecule has 1 aromatic heterocycles. The number of nitrogens with one attached hydrogen (secondary N) is 1. The van der Waals surface area contributed by atoms with Gasteiger partial charge in [0.2, 0.25) is 0 Å². The molecule has 0 amide bonds. The topological polar surface area (TPSA) is 28.2 Å². The highest BCUT2D eigenvalue weighted by molar-refractivity contribution is 6.31. The molecule has 1 aromatic rings. The lowest BCUT2D eigenvalue weighted by molar-refractivity contribution is 0.0636. The van der Waals surface area contributed by atoms with Crippen LogP contribution in [0.15, 0.2) is 12.1 Å². The summed E-state index contributed by atoms with van der Waals surface area (Å²) < 4.78 is 0. The molecule has 0 aromatic carbocycles. The summed E-state index contributed by atoms with van der Waals surface area (Å²) in [4.78, 5) is 7.13. The van der Waals surface area contributed by atoms with Crippen LogP contribution in [0.3, 0.4) is 0 Å². The van der Waals surface area contributed by atoms with E-state index in [0.717, 1.165) is 23.1 Å². The van der Waals surface area contributed by atoms with Gasteiger partial charge in [0, 0.05) is 13.6 Å². The van der Waals surface area contributed by atoms with Gasteiger partial charge in [0.05, 0.1) is 10.7 Å². The maximum absolute atomic E-state index is 6.30. The molecule has 116 valence electrons. The molecular formula is C17H26ClN3. The zero-order chi connectivity index (χ0) is 14.7. The minimum Gasteiger partial charge on any atom is -0.373 e. The largest absolute Gasteiger partial charge is 0.373 e. The predicted molar refractivity (Wildman–Crippen MR) is 88.8 cm³/mol. The lowest BCUT2D eigenvalue weighted by atomic mass is 9.68. The molecule has 1 N–H and O–H groups in total. The second-order valence-electron chi connectivity index (χ2n) is 6.71. The first-order valence-corrected chi connectivity index (χ1v) is 8.64. The lowest BCUT2D eigenvalue weighted by Crippen LogP contribution is -2.40. The number of pyridine rings is 1. The maximum atomic E-state index is 6.30. The number of nitrogens with zero attached hydrogens (tertiary/aromatic N) is 2. The van der Waals surface area contributed by atoms with Crippen molar-refractivity contribution in [2.75, 3.05) is 25.5 Å². The van der Waals surface area contributed by atoms with Crippen LogP contribution in [0, 0.1) is 5.41 Å². The summed E-state index contributed by atoms with van der Waals surface area (Å²) in [5, 5.41) is 3.87. The Hall–Kier alpha value is -0.800. The Bertz CT molecular complexity index is 473. The van der Waals surface area contributed by atoms with Crippen LogP contribution in [0.25, 0.3) is 0 Å². The Morgan fingerprint density at radius 1 is 1.14 bits per heavy atom. The average molecular weight is 308 g/mol. The third kappa shape index (κ3) is 3.51. The van der Waals surface area contributed by atoms with E-state index in [1.54, 1.807) is 0 Å². The maximum Gasteiger partial charge on any atom is 0.126 e. The highest BCUT2D eigenvalue weighted by atomic mass is 35.5. The molecule has 1 aliphatic heterocycles. The van der Waals surface area contributed by atoms with E-state index in [2.05, 4.69) is 15.2 Å². The zero-order valence-electron chi connectivity index (χ0n) is 13.0. The van der Waals surface area contributed by atoms with Crippen LogP contribution < -0.4 is 5.32 Å². The quantitative estimate of drug-likeness (QED) is 0.901. The molecule has 0 radical (unpaired) electrons. The predicted octanol–water partition coefficient (Wildman–Crippen LogP) is 4.32. The molecule has 3 nitrogen and oxygen atoms in total. The first-order chi connectivity index (χ1) is 10.2. The van der Waals surface area contributed by atoms with Crippen molar-refractivity contribution in [1.82, 2.24) is 9.88 Å². The van der Waals surface area contributed by atoms with Gasteiger partial charge in [-0.1, -0.05) is 30.9 Å². The van der Waals surface area contributed by atoms with E-state index in [1.807, 2.05) is 19.2 Å². The number of piperidine rings is 1. The van der Waals surface area contributed by atoms with Gasteiger partial charge in [-0.2, -0.15) is 0 Å². The number of anilines is 1. The Balaban J connectivity index is 1.60. The molecule has 1 spiro atoms. The third-order valence-electron chi connectivity index (χ3n) is 5.38. The van der Waals surface area contributed by atoms with E-state index < -0.39 is 0 Å². The van der Waals surface area contributed by atoms with Crippen LogP contribution in [-0.2, 0) is 6.54 Å². The van der Waals surface area contributed by atoms with E-state index in [9.17, 15) is 0 Å². The summed E-state index contributed by atoms with van der Waals surface area (Å²) >= 11 is 6.30. The van der Waals surface area contributed by atoms with E-state index in [1.165, 1.54) is 58.0 Å². The van der Waals surface area contributed by atoms with Crippen LogP contribution in [0.5, 0.6) is 0 Å². The standard InChI is InChI=1S/C17H26ClN3/c1-19-16-6-5-14(18)15(20-16)13-21-11-9-17(10-12-21)7-3-2-4-8-17/h5-6H,2-4,7-13H2,1H3,(H,19,20). The van der Waals surface area contributed by atoms with Crippen molar-refractivity contribution in [1.29, 1.82) is 0 Å². The molecule has 21 heavy (non-hydrogen) atoms. The van der Waals surface area contributed by atoms with Gasteiger partial charge in [0.25, 0.3) is 0 Å². The van der Waals surface area contributed by atoms with Crippen molar-refractivity contribution in [3.05, 3.63) is 22.8 Å². The van der Waals surface area contributed by atoms with Crippen LogP contribution >= 0.6 is 11.6 Å². The molecule has 2 fully saturated rings. The molecule has 1 saturated carbocycles. The van der Waals surface area contributed by atoms with Gasteiger partial charge in [-0.25, -0.2) is 4.98 Å². The summed E-state index contributed by atoms with van der Waals surface area (Å²) in [6.07, 6.45) is 9.95. The van der Waals surface area contributed by atoms with Crippen LogP contribution in [0.1, 0.15) is 50.6 Å². The van der Waals surface area contributed by atoms with Gasteiger partial charge in [0.1, 0.15) is 5.82 Å². The van der Waals surface area contributed by atoms with Gasteiger partial charge >= 0.3 is 0 Å². The molecule has 0 atom stereocenters. The van der Waals surface area contributed by atoms with Crippen molar-refractivity contribution in [2.45, 2.75) is 51.5 Å². The molecule has 1 saturated heterocycles. The third-order valence-corrected chi connectivity index (χ3v) is 5.72. The molecule has 2 aliphatic rings. The molecule has 3 rings (SSSR count). The Morgan fingerprint density at radius 3 is 2.52 bits per heavy atom.